The number of unbranched alkanes of at least 4 members (excludes halogenated alkanes) is 2. The van der Waals surface area contributed by atoms with Crippen LogP contribution in [0, 0.1) is 0 Å². The molecule has 0 amide bonds. The molecule has 0 aromatic carbocycles. The molecule has 2 heteroatoms. The molecule has 0 aromatic heterocycles. The van der Waals surface area contributed by atoms with Gasteiger partial charge in [-0.3, -0.25) is 0 Å². The van der Waals surface area contributed by atoms with E-state index in [4.69, 9.17) is 9.47 Å². The standard InChI is InChI=1S/C8H16O.C7H14O/c1-3-5-6-8-9-7-4-2;1-3-5-7-8-6-4-2/h4H,2-3,5-8H2,1H3;3H,1,4-7H2,2H3. The van der Waals surface area contributed by atoms with Crippen molar-refractivity contribution in [2.24, 2.45) is 0 Å². The molecule has 0 aliphatic rings. The first-order valence-corrected chi connectivity index (χ1v) is 6.70. The summed E-state index contributed by atoms with van der Waals surface area (Å²) in [6.45, 7) is 14.7. The van der Waals surface area contributed by atoms with Crippen molar-refractivity contribution < 1.29 is 9.47 Å². The quantitative estimate of drug-likeness (QED) is 0.396. The Morgan fingerprint density at radius 2 is 1.59 bits per heavy atom. The largest absolute Gasteiger partial charge is 0.381 e. The van der Waals surface area contributed by atoms with Gasteiger partial charge < -0.3 is 9.47 Å². The zero-order chi connectivity index (χ0) is 13.2. The first-order valence-electron chi connectivity index (χ1n) is 6.70. The third-order valence-corrected chi connectivity index (χ3v) is 1.94. The highest BCUT2D eigenvalue weighted by Gasteiger charge is 1.83. The molecule has 0 spiro atoms. The molecule has 0 aliphatic heterocycles. The maximum Gasteiger partial charge on any atom is 0.0644 e. The number of hydrogen-bond donors (Lipinski definition) is 0. The minimum absolute atomic E-state index is 0.698. The molecule has 0 unspecified atom stereocenters. The van der Waals surface area contributed by atoms with E-state index in [0.29, 0.717) is 6.61 Å². The first kappa shape index (κ1) is 18.8. The highest BCUT2D eigenvalue weighted by Crippen LogP contribution is 1.93. The van der Waals surface area contributed by atoms with Gasteiger partial charge in [-0.1, -0.05) is 38.8 Å². The summed E-state index contributed by atoms with van der Waals surface area (Å²) in [5.41, 5.74) is 0. The van der Waals surface area contributed by atoms with Crippen LogP contribution >= 0.6 is 0 Å². The lowest BCUT2D eigenvalue weighted by molar-refractivity contribution is 0.139. The van der Waals surface area contributed by atoms with Crippen LogP contribution in [0.1, 0.15) is 46.0 Å². The van der Waals surface area contributed by atoms with Crippen LogP contribution in [-0.2, 0) is 9.47 Å². The molecule has 102 valence electrons. The van der Waals surface area contributed by atoms with Crippen molar-refractivity contribution in [3.63, 3.8) is 0 Å². The Balaban J connectivity index is 0. The Labute approximate surface area is 108 Å². The zero-order valence-electron chi connectivity index (χ0n) is 11.7. The predicted octanol–water partition coefficient (Wildman–Crippen LogP) is 4.37. The second-order valence-corrected chi connectivity index (χ2v) is 3.76. The number of ether oxygens (including phenoxy) is 2. The summed E-state index contributed by atoms with van der Waals surface area (Å²) in [5, 5.41) is 0. The van der Waals surface area contributed by atoms with E-state index in [1.165, 1.54) is 19.3 Å². The normalized spacial score (nSPS) is 9.29. The van der Waals surface area contributed by atoms with Gasteiger partial charge >= 0.3 is 0 Å². The van der Waals surface area contributed by atoms with Crippen LogP contribution in [0.5, 0.6) is 0 Å². The number of rotatable bonds is 11. The molecular formula is C15H30O2. The molecule has 0 bridgehead atoms. The van der Waals surface area contributed by atoms with E-state index in [9.17, 15) is 0 Å². The monoisotopic (exact) mass is 242 g/mol. The van der Waals surface area contributed by atoms with E-state index < -0.39 is 0 Å². The summed E-state index contributed by atoms with van der Waals surface area (Å²) in [4.78, 5) is 0. The van der Waals surface area contributed by atoms with Crippen LogP contribution < -0.4 is 0 Å². The van der Waals surface area contributed by atoms with E-state index >= 15 is 0 Å². The molecule has 0 saturated heterocycles. The Morgan fingerprint density at radius 1 is 0.824 bits per heavy atom. The van der Waals surface area contributed by atoms with Gasteiger partial charge in [-0.15, -0.1) is 13.2 Å². The van der Waals surface area contributed by atoms with Crippen LogP contribution in [0.3, 0.4) is 0 Å². The lowest BCUT2D eigenvalue weighted by Gasteiger charge is -1.97. The first-order chi connectivity index (χ1) is 8.33. The summed E-state index contributed by atoms with van der Waals surface area (Å²) in [6, 6.07) is 0. The molecular weight excluding hydrogens is 212 g/mol. The van der Waals surface area contributed by atoms with Gasteiger partial charge in [0, 0.05) is 19.8 Å². The fraction of sp³-hybridized carbons (Fsp3) is 0.733. The maximum atomic E-state index is 5.17. The topological polar surface area (TPSA) is 18.5 Å². The van der Waals surface area contributed by atoms with Crippen molar-refractivity contribution in [2.75, 3.05) is 26.4 Å². The molecule has 17 heavy (non-hydrogen) atoms. The Bertz CT molecular complexity index is 144. The van der Waals surface area contributed by atoms with E-state index in [1.54, 1.807) is 6.08 Å². The summed E-state index contributed by atoms with van der Waals surface area (Å²) in [5.74, 6) is 0. The molecule has 0 heterocycles. The molecule has 0 fully saturated rings. The van der Waals surface area contributed by atoms with Crippen molar-refractivity contribution in [2.45, 2.75) is 46.0 Å². The van der Waals surface area contributed by atoms with Crippen LogP contribution in [-0.4, -0.2) is 26.4 Å². The Morgan fingerprint density at radius 3 is 2.12 bits per heavy atom. The summed E-state index contributed by atoms with van der Waals surface area (Å²) in [6.07, 6.45) is 9.46. The molecule has 0 rings (SSSR count). The van der Waals surface area contributed by atoms with Gasteiger partial charge in [0.1, 0.15) is 0 Å². The van der Waals surface area contributed by atoms with E-state index in [-0.39, 0.29) is 0 Å². The highest BCUT2D eigenvalue weighted by molar-refractivity contribution is 4.64. The molecule has 0 atom stereocenters. The van der Waals surface area contributed by atoms with Crippen molar-refractivity contribution >= 4 is 0 Å². The molecule has 0 aliphatic carbocycles. The van der Waals surface area contributed by atoms with Gasteiger partial charge in [0.05, 0.1) is 6.61 Å². The van der Waals surface area contributed by atoms with Gasteiger partial charge in [0.25, 0.3) is 0 Å². The van der Waals surface area contributed by atoms with Crippen molar-refractivity contribution in [1.82, 2.24) is 0 Å². The van der Waals surface area contributed by atoms with Gasteiger partial charge in [-0.05, 0) is 19.3 Å². The second-order valence-electron chi connectivity index (χ2n) is 3.76. The summed E-state index contributed by atoms with van der Waals surface area (Å²) >= 11 is 0. The maximum absolute atomic E-state index is 5.17. The number of hydrogen-bond acceptors (Lipinski definition) is 2. The van der Waals surface area contributed by atoms with Crippen LogP contribution in [0.15, 0.2) is 25.3 Å². The van der Waals surface area contributed by atoms with E-state index in [2.05, 4.69) is 27.0 Å². The third kappa shape index (κ3) is 25.6. The lowest BCUT2D eigenvalue weighted by atomic mass is 10.3. The lowest BCUT2D eigenvalue weighted by Crippen LogP contribution is -1.92. The average Bonchev–Trinajstić information content (AvgIpc) is 2.36. The second kappa shape index (κ2) is 20.8. The fourth-order valence-electron chi connectivity index (χ4n) is 1.03. The Kier molecular flexibility index (Phi) is 22.9. The minimum atomic E-state index is 0.698. The van der Waals surface area contributed by atoms with Crippen molar-refractivity contribution in [1.29, 1.82) is 0 Å². The van der Waals surface area contributed by atoms with Crippen LogP contribution in [0.25, 0.3) is 0 Å². The van der Waals surface area contributed by atoms with Crippen LogP contribution in [0.2, 0.25) is 0 Å². The summed E-state index contributed by atoms with van der Waals surface area (Å²) in [7, 11) is 0. The smallest absolute Gasteiger partial charge is 0.0644 e. The van der Waals surface area contributed by atoms with Gasteiger partial charge in [-0.2, -0.15) is 0 Å². The molecule has 0 saturated carbocycles. The molecule has 0 N–H and O–H groups in total. The van der Waals surface area contributed by atoms with Crippen molar-refractivity contribution in [3.05, 3.63) is 25.3 Å². The Hall–Kier alpha value is -0.600. The van der Waals surface area contributed by atoms with Gasteiger partial charge in [0.2, 0.25) is 0 Å². The van der Waals surface area contributed by atoms with Gasteiger partial charge in [0.15, 0.2) is 0 Å². The van der Waals surface area contributed by atoms with Crippen molar-refractivity contribution in [3.8, 4) is 0 Å². The molecule has 0 aromatic rings. The predicted molar refractivity (Wildman–Crippen MR) is 76.5 cm³/mol. The van der Waals surface area contributed by atoms with E-state index in [0.717, 1.165) is 32.7 Å². The third-order valence-electron chi connectivity index (χ3n) is 1.94. The molecule has 0 radical (unpaired) electrons. The fourth-order valence-corrected chi connectivity index (χ4v) is 1.03. The van der Waals surface area contributed by atoms with Crippen LogP contribution in [0.4, 0.5) is 0 Å². The minimum Gasteiger partial charge on any atom is -0.381 e. The SMILES string of the molecule is C=CCCOCCC.C=CCOCCCCC. The zero-order valence-corrected chi connectivity index (χ0v) is 11.7. The summed E-state index contributed by atoms with van der Waals surface area (Å²) < 4.78 is 10.3. The van der Waals surface area contributed by atoms with E-state index in [1.807, 2.05) is 6.08 Å². The molecule has 2 nitrogen and oxygen atoms in total. The van der Waals surface area contributed by atoms with Gasteiger partial charge in [-0.25, -0.2) is 0 Å². The average molecular weight is 242 g/mol. The highest BCUT2D eigenvalue weighted by atomic mass is 16.5.